The first-order chi connectivity index (χ1) is 14.2. The van der Waals surface area contributed by atoms with Crippen LogP contribution in [0, 0.1) is 0 Å². The predicted octanol–water partition coefficient (Wildman–Crippen LogP) is 6.13. The predicted molar refractivity (Wildman–Crippen MR) is 134 cm³/mol. The molecule has 0 bridgehead atoms. The molecule has 0 amide bonds. The minimum atomic E-state index is 1.05. The van der Waals surface area contributed by atoms with Gasteiger partial charge in [0.25, 0.3) is 0 Å². The van der Waals surface area contributed by atoms with Crippen LogP contribution in [0.2, 0.25) is 0 Å². The minimum Gasteiger partial charge on any atom is -0.354 e. The van der Waals surface area contributed by atoms with Gasteiger partial charge in [-0.15, -0.1) is 9.24 Å². The summed E-state index contributed by atoms with van der Waals surface area (Å²) in [6.45, 7) is 0. The van der Waals surface area contributed by atoms with Crippen molar-refractivity contribution in [3.63, 3.8) is 0 Å². The topological polar surface area (TPSA) is 31.6 Å². The quantitative estimate of drug-likeness (QED) is 0.323. The molecule has 0 aliphatic rings. The van der Waals surface area contributed by atoms with Crippen LogP contribution in [0.3, 0.4) is 0 Å². The molecule has 0 fully saturated rings. The van der Waals surface area contributed by atoms with Crippen LogP contribution in [-0.4, -0.2) is 16.3 Å². The highest BCUT2D eigenvalue weighted by Crippen LogP contribution is 2.32. The van der Waals surface area contributed by atoms with Crippen molar-refractivity contribution < 1.29 is 0 Å². The van der Waals surface area contributed by atoms with Gasteiger partial charge in [-0.1, -0.05) is 44.8 Å². The van der Waals surface area contributed by atoms with Crippen LogP contribution in [0.1, 0.15) is 0 Å². The molecule has 6 aromatic rings. The average molecular weight is 408 g/mol. The summed E-state index contributed by atoms with van der Waals surface area (Å²) >= 11 is 0. The van der Waals surface area contributed by atoms with E-state index in [1.54, 1.807) is 0 Å². The summed E-state index contributed by atoms with van der Waals surface area (Å²) in [5.74, 6) is 0. The third kappa shape index (κ3) is 2.64. The second-order valence-corrected chi connectivity index (χ2v) is 8.96. The van der Waals surface area contributed by atoms with Gasteiger partial charge in [-0.3, -0.25) is 0 Å². The molecule has 1 unspecified atom stereocenters. The molecule has 138 valence electrons. The van der Waals surface area contributed by atoms with Gasteiger partial charge in [0, 0.05) is 48.9 Å². The fourth-order valence-corrected chi connectivity index (χ4v) is 4.93. The van der Waals surface area contributed by atoms with E-state index < -0.39 is 0 Å². The number of aromatic nitrogens is 2. The number of H-pyrrole nitrogens is 2. The molecule has 29 heavy (non-hydrogen) atoms. The average Bonchev–Trinajstić information content (AvgIpc) is 3.29. The molecule has 0 saturated heterocycles. The van der Waals surface area contributed by atoms with Crippen LogP contribution in [0.5, 0.6) is 0 Å². The van der Waals surface area contributed by atoms with Crippen LogP contribution < -0.4 is 10.6 Å². The van der Waals surface area contributed by atoms with E-state index in [-0.39, 0.29) is 0 Å². The Morgan fingerprint density at radius 3 is 1.79 bits per heavy atom. The highest BCUT2D eigenvalue weighted by atomic mass is 31.1. The van der Waals surface area contributed by atoms with Gasteiger partial charge in [0.15, 0.2) is 0 Å². The number of aromatic amines is 2. The lowest BCUT2D eigenvalue weighted by atomic mass is 10.0. The Morgan fingerprint density at radius 2 is 1.17 bits per heavy atom. The number of hydrogen-bond acceptors (Lipinski definition) is 0. The zero-order valence-electron chi connectivity index (χ0n) is 15.7. The van der Waals surface area contributed by atoms with Crippen molar-refractivity contribution in [2.45, 2.75) is 0 Å². The van der Waals surface area contributed by atoms with Crippen LogP contribution in [0.15, 0.2) is 72.8 Å². The normalized spacial score (nSPS) is 12.0. The smallest absolute Gasteiger partial charge is 0.0471 e. The second kappa shape index (κ2) is 6.29. The van der Waals surface area contributed by atoms with Crippen molar-refractivity contribution in [1.82, 2.24) is 9.97 Å². The highest BCUT2D eigenvalue weighted by molar-refractivity contribution is 7.45. The van der Waals surface area contributed by atoms with Crippen molar-refractivity contribution in [3.05, 3.63) is 72.8 Å². The summed E-state index contributed by atoms with van der Waals surface area (Å²) in [4.78, 5) is 7.13. The van der Waals surface area contributed by atoms with E-state index in [1.165, 1.54) is 65.3 Å². The van der Waals surface area contributed by atoms with E-state index in [2.05, 4.69) is 98.3 Å². The fraction of sp³-hybridized carbons (Fsp3) is 0. The molecule has 0 spiro atoms. The highest BCUT2D eigenvalue weighted by Gasteiger charge is 2.09. The van der Waals surface area contributed by atoms with Crippen molar-refractivity contribution in [1.29, 1.82) is 0 Å². The number of hydrogen-bond donors (Lipinski definition) is 2. The summed E-state index contributed by atoms with van der Waals surface area (Å²) in [7, 11) is 3.83. The maximum atomic E-state index is 3.98. The lowest BCUT2D eigenvalue weighted by molar-refractivity contribution is 1.53. The van der Waals surface area contributed by atoms with Gasteiger partial charge in [-0.25, -0.2) is 0 Å². The summed E-state index contributed by atoms with van der Waals surface area (Å²) in [5, 5.41) is 7.49. The summed E-state index contributed by atoms with van der Waals surface area (Å²) in [6.07, 6.45) is 3.98. The van der Waals surface area contributed by atoms with Gasteiger partial charge >= 0.3 is 0 Å². The van der Waals surface area contributed by atoms with Gasteiger partial charge in [0.05, 0.1) is 0 Å². The molecule has 0 aliphatic carbocycles. The molecular weight excluding hydrogens is 390 g/mol. The maximum Gasteiger partial charge on any atom is 0.0471 e. The molecule has 6 rings (SSSR count). The van der Waals surface area contributed by atoms with Gasteiger partial charge in [0.1, 0.15) is 0 Å². The minimum absolute atomic E-state index is 1.05. The van der Waals surface area contributed by atoms with E-state index in [0.29, 0.717) is 0 Å². The van der Waals surface area contributed by atoms with Crippen LogP contribution in [-0.2, 0) is 0 Å². The first-order valence-corrected chi connectivity index (χ1v) is 11.2. The monoisotopic (exact) mass is 408 g/mol. The Bertz CT molecular complexity index is 1590. The maximum absolute atomic E-state index is 3.98. The van der Waals surface area contributed by atoms with Crippen LogP contribution in [0.4, 0.5) is 0 Å². The standard InChI is InChI=1S/C25H18N2P2/c1-29-17-5-9-23-21(13-17)19-7-3-15(11-25(19)27-23)14-2-6-18-20-12-16(28)4-8-22(20)26-24(18)10-14/h2-13,26-27H,1,28H2. The van der Waals surface area contributed by atoms with E-state index >= 15 is 0 Å². The third-order valence-corrected chi connectivity index (χ3v) is 6.72. The largest absolute Gasteiger partial charge is 0.354 e. The van der Waals surface area contributed by atoms with Gasteiger partial charge in [-0.2, -0.15) is 0 Å². The lowest BCUT2D eigenvalue weighted by Crippen LogP contribution is -1.88. The van der Waals surface area contributed by atoms with Crippen LogP contribution >= 0.6 is 17.4 Å². The van der Waals surface area contributed by atoms with E-state index in [1.807, 2.05) is 0 Å². The van der Waals surface area contributed by atoms with Crippen molar-refractivity contribution >= 4 is 78.0 Å². The number of nitrogens with one attached hydrogen (secondary N) is 2. The van der Waals surface area contributed by atoms with Crippen LogP contribution in [0.25, 0.3) is 54.7 Å². The zero-order chi connectivity index (χ0) is 19.5. The molecule has 0 saturated carbocycles. The number of benzene rings is 4. The summed E-state index contributed by atoms with van der Waals surface area (Å²) in [6, 6.07) is 26.4. The third-order valence-electron chi connectivity index (χ3n) is 5.72. The molecule has 2 N–H and O–H groups in total. The van der Waals surface area contributed by atoms with E-state index in [0.717, 1.165) is 8.20 Å². The first-order valence-electron chi connectivity index (χ1n) is 9.53. The molecule has 2 heterocycles. The molecule has 4 heteroatoms. The molecule has 0 radical (unpaired) electrons. The summed E-state index contributed by atoms with van der Waals surface area (Å²) < 4.78 is 0. The van der Waals surface area contributed by atoms with E-state index in [4.69, 9.17) is 0 Å². The zero-order valence-corrected chi connectivity index (χ0v) is 17.7. The molecule has 2 aromatic heterocycles. The number of fused-ring (bicyclic) bond motifs is 6. The van der Waals surface area contributed by atoms with Crippen molar-refractivity contribution in [2.75, 3.05) is 0 Å². The molecule has 0 aliphatic heterocycles. The van der Waals surface area contributed by atoms with Gasteiger partial charge in [-0.05, 0) is 58.9 Å². The Morgan fingerprint density at radius 1 is 0.586 bits per heavy atom. The lowest BCUT2D eigenvalue weighted by Gasteiger charge is -2.03. The second-order valence-electron chi connectivity index (χ2n) is 7.46. The Kier molecular flexibility index (Phi) is 3.68. The van der Waals surface area contributed by atoms with Crippen molar-refractivity contribution in [2.24, 2.45) is 0 Å². The Balaban J connectivity index is 1.53. The molecule has 2 nitrogen and oxygen atoms in total. The number of rotatable bonds is 2. The molecular formula is C25H18N2P2. The van der Waals surface area contributed by atoms with E-state index in [9.17, 15) is 0 Å². The summed E-state index contributed by atoms with van der Waals surface area (Å²) in [5.41, 5.74) is 7.11. The Labute approximate surface area is 172 Å². The molecule has 4 aromatic carbocycles. The Hall–Kier alpha value is -2.92. The fourth-order valence-electron chi connectivity index (χ4n) is 4.27. The van der Waals surface area contributed by atoms with Gasteiger partial charge < -0.3 is 9.97 Å². The SMILES string of the molecule is C=Pc1ccc2[nH]c3cc(-c4ccc5c(c4)[nH]c4ccc(P)cc45)ccc3c2c1. The van der Waals surface area contributed by atoms with Gasteiger partial charge in [0.2, 0.25) is 0 Å². The molecule has 1 atom stereocenters. The first kappa shape index (κ1) is 17.0. The van der Waals surface area contributed by atoms with Crippen molar-refractivity contribution in [3.8, 4) is 11.1 Å².